The largest absolute Gasteiger partial charge is 0.353 e. The van der Waals surface area contributed by atoms with Crippen molar-refractivity contribution in [2.24, 2.45) is 5.73 Å². The van der Waals surface area contributed by atoms with Gasteiger partial charge in [0, 0.05) is 25.0 Å². The van der Waals surface area contributed by atoms with Crippen LogP contribution in [0.2, 0.25) is 0 Å². The molecular formula is C19H29FN4O3. The van der Waals surface area contributed by atoms with Gasteiger partial charge in [0.25, 0.3) is 0 Å². The summed E-state index contributed by atoms with van der Waals surface area (Å²) in [4.78, 5) is 36.6. The molecule has 1 aromatic rings. The molecule has 27 heavy (non-hydrogen) atoms. The van der Waals surface area contributed by atoms with Crippen molar-refractivity contribution in [2.45, 2.75) is 51.6 Å². The van der Waals surface area contributed by atoms with Crippen LogP contribution in [0.4, 0.5) is 4.39 Å². The lowest BCUT2D eigenvalue weighted by molar-refractivity contribution is -0.132. The maximum Gasteiger partial charge on any atom is 0.243 e. The number of amides is 3. The van der Waals surface area contributed by atoms with Crippen LogP contribution in [-0.2, 0) is 20.8 Å². The molecular weight excluding hydrogens is 351 g/mol. The second kappa shape index (κ2) is 10.6. The Bertz CT molecular complexity index is 641. The van der Waals surface area contributed by atoms with E-state index >= 15 is 0 Å². The summed E-state index contributed by atoms with van der Waals surface area (Å²) in [5.74, 6) is -1.51. The Kier molecular flexibility index (Phi) is 8.87. The SMILES string of the molecule is CC(C)(C)NC(=O)C[C@H](NC(=O)CCc1ccc(F)cc1)C(=O)NCCN. The average Bonchev–Trinajstić information content (AvgIpc) is 2.57. The summed E-state index contributed by atoms with van der Waals surface area (Å²) in [5.41, 5.74) is 5.74. The van der Waals surface area contributed by atoms with Gasteiger partial charge in [-0.3, -0.25) is 14.4 Å². The van der Waals surface area contributed by atoms with Crippen molar-refractivity contribution in [1.82, 2.24) is 16.0 Å². The molecule has 3 amide bonds. The van der Waals surface area contributed by atoms with Gasteiger partial charge in [-0.2, -0.15) is 0 Å². The van der Waals surface area contributed by atoms with Crippen LogP contribution >= 0.6 is 0 Å². The number of nitrogens with one attached hydrogen (secondary N) is 3. The van der Waals surface area contributed by atoms with Crippen LogP contribution in [0.25, 0.3) is 0 Å². The van der Waals surface area contributed by atoms with Crippen LogP contribution in [0, 0.1) is 5.82 Å². The van der Waals surface area contributed by atoms with Crippen molar-refractivity contribution in [3.8, 4) is 0 Å². The fraction of sp³-hybridized carbons (Fsp3) is 0.526. The number of carbonyl (C=O) groups excluding carboxylic acids is 3. The van der Waals surface area contributed by atoms with E-state index in [0.29, 0.717) is 6.42 Å². The van der Waals surface area contributed by atoms with E-state index in [2.05, 4.69) is 16.0 Å². The third-order valence-electron chi connectivity index (χ3n) is 3.55. The zero-order valence-electron chi connectivity index (χ0n) is 16.1. The van der Waals surface area contributed by atoms with E-state index < -0.39 is 17.5 Å². The van der Waals surface area contributed by atoms with Gasteiger partial charge in [0.05, 0.1) is 6.42 Å². The highest BCUT2D eigenvalue weighted by molar-refractivity contribution is 5.92. The number of carbonyl (C=O) groups is 3. The number of benzene rings is 1. The summed E-state index contributed by atoms with van der Waals surface area (Å²) in [6.45, 7) is 5.99. The normalized spacial score (nSPS) is 12.2. The van der Waals surface area contributed by atoms with Crippen molar-refractivity contribution in [3.05, 3.63) is 35.6 Å². The van der Waals surface area contributed by atoms with E-state index in [-0.39, 0.29) is 43.6 Å². The summed E-state index contributed by atoms with van der Waals surface area (Å²) < 4.78 is 12.9. The minimum absolute atomic E-state index is 0.118. The Balaban J connectivity index is 2.65. The molecule has 1 rings (SSSR count). The van der Waals surface area contributed by atoms with E-state index in [0.717, 1.165) is 5.56 Å². The molecule has 0 spiro atoms. The van der Waals surface area contributed by atoms with Crippen molar-refractivity contribution in [2.75, 3.05) is 13.1 Å². The summed E-state index contributed by atoms with van der Waals surface area (Å²) in [5, 5.41) is 7.95. The number of hydrogen-bond acceptors (Lipinski definition) is 4. The standard InChI is InChI=1S/C19H29FN4O3/c1-19(2,3)24-17(26)12-15(18(27)22-11-10-21)23-16(25)9-6-13-4-7-14(20)8-5-13/h4-5,7-8,15H,6,9-12,21H2,1-3H3,(H,22,27)(H,23,25)(H,24,26)/t15-/m0/s1. The molecule has 0 saturated heterocycles. The van der Waals surface area contributed by atoms with Gasteiger partial charge in [0.2, 0.25) is 17.7 Å². The minimum atomic E-state index is -0.986. The average molecular weight is 380 g/mol. The molecule has 1 aromatic carbocycles. The Hall–Kier alpha value is -2.48. The van der Waals surface area contributed by atoms with Gasteiger partial charge in [0.15, 0.2) is 0 Å². The minimum Gasteiger partial charge on any atom is -0.353 e. The monoisotopic (exact) mass is 380 g/mol. The third-order valence-corrected chi connectivity index (χ3v) is 3.55. The Morgan fingerprint density at radius 1 is 1.11 bits per heavy atom. The highest BCUT2D eigenvalue weighted by Crippen LogP contribution is 2.06. The number of rotatable bonds is 9. The topological polar surface area (TPSA) is 113 Å². The van der Waals surface area contributed by atoms with Crippen molar-refractivity contribution in [1.29, 1.82) is 0 Å². The molecule has 0 fully saturated rings. The highest BCUT2D eigenvalue weighted by atomic mass is 19.1. The number of halogens is 1. The van der Waals surface area contributed by atoms with Gasteiger partial charge in [-0.25, -0.2) is 4.39 Å². The fourth-order valence-electron chi connectivity index (χ4n) is 2.36. The number of nitrogens with two attached hydrogens (primary N) is 1. The van der Waals surface area contributed by atoms with Gasteiger partial charge in [-0.1, -0.05) is 12.1 Å². The smallest absolute Gasteiger partial charge is 0.243 e. The summed E-state index contributed by atoms with van der Waals surface area (Å²) >= 11 is 0. The van der Waals surface area contributed by atoms with Gasteiger partial charge in [0.1, 0.15) is 11.9 Å². The maximum atomic E-state index is 12.9. The second-order valence-electron chi connectivity index (χ2n) is 7.33. The first-order chi connectivity index (χ1) is 12.6. The fourth-order valence-corrected chi connectivity index (χ4v) is 2.36. The first-order valence-corrected chi connectivity index (χ1v) is 8.93. The molecule has 0 aliphatic rings. The van der Waals surface area contributed by atoms with Crippen molar-refractivity contribution < 1.29 is 18.8 Å². The zero-order chi connectivity index (χ0) is 20.4. The van der Waals surface area contributed by atoms with E-state index in [4.69, 9.17) is 5.73 Å². The maximum absolute atomic E-state index is 12.9. The lowest BCUT2D eigenvalue weighted by Gasteiger charge is -2.23. The van der Waals surface area contributed by atoms with Crippen LogP contribution in [0.3, 0.4) is 0 Å². The molecule has 1 atom stereocenters. The van der Waals surface area contributed by atoms with Crippen LogP contribution in [0.5, 0.6) is 0 Å². The molecule has 0 saturated carbocycles. The summed E-state index contributed by atoms with van der Waals surface area (Å²) in [6, 6.07) is 4.87. The van der Waals surface area contributed by atoms with Gasteiger partial charge < -0.3 is 21.7 Å². The molecule has 0 aliphatic carbocycles. The quantitative estimate of drug-likeness (QED) is 0.503. The molecule has 0 aliphatic heterocycles. The van der Waals surface area contributed by atoms with E-state index in [1.807, 2.05) is 20.8 Å². The Labute approximate surface area is 159 Å². The molecule has 0 unspecified atom stereocenters. The zero-order valence-corrected chi connectivity index (χ0v) is 16.1. The predicted octanol–water partition coefficient (Wildman–Crippen LogP) is 0.623. The molecule has 0 bridgehead atoms. The molecule has 8 heteroatoms. The van der Waals surface area contributed by atoms with E-state index in [1.165, 1.54) is 12.1 Å². The predicted molar refractivity (Wildman–Crippen MR) is 101 cm³/mol. The highest BCUT2D eigenvalue weighted by Gasteiger charge is 2.25. The van der Waals surface area contributed by atoms with Crippen LogP contribution in [-0.4, -0.2) is 42.4 Å². The molecule has 0 heterocycles. The number of aryl methyl sites for hydroxylation is 1. The van der Waals surface area contributed by atoms with Crippen molar-refractivity contribution in [3.63, 3.8) is 0 Å². The molecule has 5 N–H and O–H groups in total. The second-order valence-corrected chi connectivity index (χ2v) is 7.33. The van der Waals surface area contributed by atoms with E-state index in [9.17, 15) is 18.8 Å². The molecule has 150 valence electrons. The lowest BCUT2D eigenvalue weighted by Crippen LogP contribution is -2.51. The van der Waals surface area contributed by atoms with Crippen LogP contribution in [0.1, 0.15) is 39.2 Å². The van der Waals surface area contributed by atoms with Crippen molar-refractivity contribution >= 4 is 17.7 Å². The molecule has 0 radical (unpaired) electrons. The van der Waals surface area contributed by atoms with Gasteiger partial charge >= 0.3 is 0 Å². The lowest BCUT2D eigenvalue weighted by atomic mass is 10.1. The van der Waals surface area contributed by atoms with Gasteiger partial charge in [-0.15, -0.1) is 0 Å². The third kappa shape index (κ3) is 9.69. The Morgan fingerprint density at radius 2 is 1.74 bits per heavy atom. The molecule has 7 nitrogen and oxygen atoms in total. The summed E-state index contributed by atoms with van der Waals surface area (Å²) in [6.07, 6.45) is 0.348. The van der Waals surface area contributed by atoms with Crippen LogP contribution in [0.15, 0.2) is 24.3 Å². The van der Waals surface area contributed by atoms with E-state index in [1.54, 1.807) is 12.1 Å². The first kappa shape index (κ1) is 22.6. The van der Waals surface area contributed by atoms with Crippen LogP contribution < -0.4 is 21.7 Å². The molecule has 0 aromatic heterocycles. The van der Waals surface area contributed by atoms with Gasteiger partial charge in [-0.05, 0) is 44.9 Å². The number of hydrogen-bond donors (Lipinski definition) is 4. The summed E-state index contributed by atoms with van der Waals surface area (Å²) in [7, 11) is 0. The Morgan fingerprint density at radius 3 is 2.30 bits per heavy atom. The first-order valence-electron chi connectivity index (χ1n) is 8.93.